The normalized spacial score (nSPS) is 13.2. The molecule has 1 unspecified atom stereocenters. The Balaban J connectivity index is 2.48. The summed E-state index contributed by atoms with van der Waals surface area (Å²) >= 11 is 0. The standard InChI is InChI=1S/C14H16N2O2/c1-15-12(7-8-14(17)18)11-9-16(2)13-6-4-3-5-10(11)13/h3-9,12,15H,1-2H3,(H,17,18)/b8-7+. The number of aryl methyl sites for hydroxylation is 1. The fraction of sp³-hybridized carbons (Fsp3) is 0.214. The maximum Gasteiger partial charge on any atom is 0.328 e. The van der Waals surface area contributed by atoms with Crippen LogP contribution in [-0.2, 0) is 11.8 Å². The number of fused-ring (bicyclic) bond motifs is 1. The van der Waals surface area contributed by atoms with Crippen molar-refractivity contribution in [2.24, 2.45) is 7.05 Å². The molecule has 0 aliphatic carbocycles. The predicted molar refractivity (Wildman–Crippen MR) is 71.5 cm³/mol. The molecule has 0 fully saturated rings. The van der Waals surface area contributed by atoms with E-state index in [0.717, 1.165) is 16.5 Å². The van der Waals surface area contributed by atoms with Gasteiger partial charge in [-0.1, -0.05) is 24.3 Å². The lowest BCUT2D eigenvalue weighted by Crippen LogP contribution is -2.14. The zero-order valence-corrected chi connectivity index (χ0v) is 10.4. The summed E-state index contributed by atoms with van der Waals surface area (Å²) in [5.41, 5.74) is 2.21. The summed E-state index contributed by atoms with van der Waals surface area (Å²) < 4.78 is 2.05. The smallest absolute Gasteiger partial charge is 0.328 e. The van der Waals surface area contributed by atoms with Gasteiger partial charge < -0.3 is 15.0 Å². The van der Waals surface area contributed by atoms with E-state index in [0.29, 0.717) is 0 Å². The van der Waals surface area contributed by atoms with Crippen molar-refractivity contribution in [3.05, 3.63) is 48.2 Å². The van der Waals surface area contributed by atoms with Crippen molar-refractivity contribution in [3.8, 4) is 0 Å². The molecule has 18 heavy (non-hydrogen) atoms. The Morgan fingerprint density at radius 3 is 2.83 bits per heavy atom. The quantitative estimate of drug-likeness (QED) is 0.810. The fourth-order valence-corrected chi connectivity index (χ4v) is 2.15. The van der Waals surface area contributed by atoms with Crippen LogP contribution in [0.1, 0.15) is 11.6 Å². The molecule has 4 heteroatoms. The van der Waals surface area contributed by atoms with Gasteiger partial charge in [0.1, 0.15) is 0 Å². The van der Waals surface area contributed by atoms with Crippen molar-refractivity contribution in [3.63, 3.8) is 0 Å². The second-order valence-electron chi connectivity index (χ2n) is 4.18. The van der Waals surface area contributed by atoms with Crippen molar-refractivity contribution < 1.29 is 9.90 Å². The van der Waals surface area contributed by atoms with E-state index in [1.807, 2.05) is 49.1 Å². The minimum Gasteiger partial charge on any atom is -0.478 e. The van der Waals surface area contributed by atoms with Crippen molar-refractivity contribution in [2.45, 2.75) is 6.04 Å². The lowest BCUT2D eigenvalue weighted by atomic mass is 10.1. The Bertz CT molecular complexity index is 599. The highest BCUT2D eigenvalue weighted by molar-refractivity contribution is 5.85. The van der Waals surface area contributed by atoms with Gasteiger partial charge in [0.05, 0.1) is 6.04 Å². The average molecular weight is 244 g/mol. The predicted octanol–water partition coefficient (Wildman–Crippen LogP) is 2.08. The second-order valence-corrected chi connectivity index (χ2v) is 4.18. The molecular formula is C14H16N2O2. The van der Waals surface area contributed by atoms with Crippen LogP contribution in [0.15, 0.2) is 42.6 Å². The molecule has 0 saturated carbocycles. The third-order valence-corrected chi connectivity index (χ3v) is 3.01. The monoisotopic (exact) mass is 244 g/mol. The van der Waals surface area contributed by atoms with Crippen LogP contribution >= 0.6 is 0 Å². The van der Waals surface area contributed by atoms with Gasteiger partial charge in [-0.3, -0.25) is 0 Å². The van der Waals surface area contributed by atoms with E-state index >= 15 is 0 Å². The zero-order valence-electron chi connectivity index (χ0n) is 10.4. The number of carbonyl (C=O) groups is 1. The number of para-hydroxylation sites is 1. The van der Waals surface area contributed by atoms with E-state index in [9.17, 15) is 4.79 Å². The number of carboxylic acid groups (broad SMARTS) is 1. The summed E-state index contributed by atoms with van der Waals surface area (Å²) in [6.45, 7) is 0. The minimum atomic E-state index is -0.935. The van der Waals surface area contributed by atoms with Gasteiger partial charge >= 0.3 is 5.97 Å². The van der Waals surface area contributed by atoms with Gasteiger partial charge in [-0.05, 0) is 18.7 Å². The Morgan fingerprint density at radius 1 is 1.44 bits per heavy atom. The van der Waals surface area contributed by atoms with E-state index in [1.165, 1.54) is 6.08 Å². The second kappa shape index (κ2) is 5.06. The summed E-state index contributed by atoms with van der Waals surface area (Å²) in [5, 5.41) is 13.0. The maximum atomic E-state index is 10.6. The maximum absolute atomic E-state index is 10.6. The van der Waals surface area contributed by atoms with E-state index in [2.05, 4.69) is 5.32 Å². The molecule has 0 saturated heterocycles. The zero-order chi connectivity index (χ0) is 13.1. The van der Waals surface area contributed by atoms with Crippen molar-refractivity contribution in [2.75, 3.05) is 7.05 Å². The molecule has 2 aromatic rings. The molecule has 1 aromatic carbocycles. The van der Waals surface area contributed by atoms with Gasteiger partial charge in [-0.15, -0.1) is 0 Å². The Labute approximate surface area is 106 Å². The summed E-state index contributed by atoms with van der Waals surface area (Å²) in [5.74, 6) is -0.935. The van der Waals surface area contributed by atoms with Crippen LogP contribution in [0.25, 0.3) is 10.9 Å². The first-order valence-electron chi connectivity index (χ1n) is 5.76. The number of nitrogens with zero attached hydrogens (tertiary/aromatic N) is 1. The van der Waals surface area contributed by atoms with Gasteiger partial charge in [0.25, 0.3) is 0 Å². The molecule has 1 atom stereocenters. The SMILES string of the molecule is CNC(/C=C/C(=O)O)c1cn(C)c2ccccc12. The molecule has 0 amide bonds. The van der Waals surface area contributed by atoms with Gasteiger partial charge in [0.15, 0.2) is 0 Å². The van der Waals surface area contributed by atoms with E-state index in [4.69, 9.17) is 5.11 Å². The molecule has 0 bridgehead atoms. The first-order chi connectivity index (χ1) is 8.63. The average Bonchev–Trinajstić information content (AvgIpc) is 2.68. The Kier molecular flexibility index (Phi) is 3.48. The molecular weight excluding hydrogens is 228 g/mol. The number of rotatable bonds is 4. The summed E-state index contributed by atoms with van der Waals surface area (Å²) in [7, 11) is 3.80. The van der Waals surface area contributed by atoms with Crippen molar-refractivity contribution in [1.82, 2.24) is 9.88 Å². The number of aliphatic carboxylic acids is 1. The van der Waals surface area contributed by atoms with Gasteiger partial charge in [-0.2, -0.15) is 0 Å². The van der Waals surface area contributed by atoms with Crippen LogP contribution in [0.2, 0.25) is 0 Å². The number of aromatic nitrogens is 1. The van der Waals surface area contributed by atoms with Crippen molar-refractivity contribution in [1.29, 1.82) is 0 Å². The van der Waals surface area contributed by atoms with Crippen LogP contribution in [0, 0.1) is 0 Å². The number of hydrogen-bond donors (Lipinski definition) is 2. The molecule has 4 nitrogen and oxygen atoms in total. The number of carboxylic acids is 1. The first kappa shape index (κ1) is 12.4. The summed E-state index contributed by atoms with van der Waals surface area (Å²) in [6, 6.07) is 7.97. The molecule has 1 heterocycles. The fourth-order valence-electron chi connectivity index (χ4n) is 2.15. The highest BCUT2D eigenvalue weighted by Crippen LogP contribution is 2.26. The number of hydrogen-bond acceptors (Lipinski definition) is 2. The van der Waals surface area contributed by atoms with Gasteiger partial charge in [-0.25, -0.2) is 4.79 Å². The van der Waals surface area contributed by atoms with Crippen LogP contribution in [-0.4, -0.2) is 22.7 Å². The molecule has 0 spiro atoms. The number of benzene rings is 1. The van der Waals surface area contributed by atoms with Crippen molar-refractivity contribution >= 4 is 16.9 Å². The Morgan fingerprint density at radius 2 is 2.17 bits per heavy atom. The van der Waals surface area contributed by atoms with Crippen LogP contribution < -0.4 is 5.32 Å². The molecule has 0 radical (unpaired) electrons. The summed E-state index contributed by atoms with van der Waals surface area (Å²) in [4.78, 5) is 10.6. The molecule has 2 N–H and O–H groups in total. The van der Waals surface area contributed by atoms with Crippen LogP contribution in [0.5, 0.6) is 0 Å². The molecule has 0 aliphatic heterocycles. The Hall–Kier alpha value is -2.07. The number of likely N-dealkylation sites (N-methyl/N-ethyl adjacent to an activating group) is 1. The topological polar surface area (TPSA) is 54.3 Å². The first-order valence-corrected chi connectivity index (χ1v) is 5.76. The molecule has 1 aromatic heterocycles. The highest BCUT2D eigenvalue weighted by atomic mass is 16.4. The third kappa shape index (κ3) is 2.28. The minimum absolute atomic E-state index is 0.104. The van der Waals surface area contributed by atoms with Crippen LogP contribution in [0.4, 0.5) is 0 Å². The third-order valence-electron chi connectivity index (χ3n) is 3.01. The number of nitrogens with one attached hydrogen (secondary N) is 1. The molecule has 2 rings (SSSR count). The highest BCUT2D eigenvalue weighted by Gasteiger charge is 2.12. The van der Waals surface area contributed by atoms with Crippen LogP contribution in [0.3, 0.4) is 0 Å². The van der Waals surface area contributed by atoms with E-state index in [1.54, 1.807) is 6.08 Å². The molecule has 94 valence electrons. The largest absolute Gasteiger partial charge is 0.478 e. The lowest BCUT2D eigenvalue weighted by molar-refractivity contribution is -0.131. The van der Waals surface area contributed by atoms with Gasteiger partial charge in [0, 0.05) is 30.2 Å². The van der Waals surface area contributed by atoms with Gasteiger partial charge in [0.2, 0.25) is 0 Å². The lowest BCUT2D eigenvalue weighted by Gasteiger charge is -2.10. The summed E-state index contributed by atoms with van der Waals surface area (Å²) in [6.07, 6.45) is 4.85. The molecule has 0 aliphatic rings. The van der Waals surface area contributed by atoms with E-state index < -0.39 is 5.97 Å². The van der Waals surface area contributed by atoms with E-state index in [-0.39, 0.29) is 6.04 Å².